The molecule has 0 N–H and O–H groups in total. The van der Waals surface area contributed by atoms with Crippen LogP contribution in [0.25, 0.3) is 6.08 Å². The van der Waals surface area contributed by atoms with Gasteiger partial charge in [-0.25, -0.2) is 0 Å². The maximum Gasteiger partial charge on any atom is 0.185 e. The number of carbonyl (C=O) groups excluding carboxylic acids is 3. The molecule has 3 atom stereocenters. The third-order valence-corrected chi connectivity index (χ3v) is 9.06. The van der Waals surface area contributed by atoms with Crippen LogP contribution in [0.15, 0.2) is 97.1 Å². The molecular formula is C36H29NO5. The number of rotatable bonds is 5. The first kappa shape index (κ1) is 26.0. The number of methoxy groups -OCH3 is 2. The van der Waals surface area contributed by atoms with E-state index in [2.05, 4.69) is 6.07 Å². The smallest absolute Gasteiger partial charge is 0.185 e. The number of aryl methyl sites for hydroxylation is 1. The van der Waals surface area contributed by atoms with Crippen molar-refractivity contribution >= 4 is 29.1 Å². The second kappa shape index (κ2) is 9.55. The summed E-state index contributed by atoms with van der Waals surface area (Å²) in [6.45, 7) is 2.02. The van der Waals surface area contributed by atoms with E-state index in [4.69, 9.17) is 9.47 Å². The molecule has 4 aromatic carbocycles. The average molecular weight is 556 g/mol. The molecule has 0 bridgehead atoms. The summed E-state index contributed by atoms with van der Waals surface area (Å²) in [6.07, 6.45) is 3.91. The van der Waals surface area contributed by atoms with E-state index in [0.717, 1.165) is 16.8 Å². The van der Waals surface area contributed by atoms with Crippen molar-refractivity contribution in [1.29, 1.82) is 0 Å². The van der Waals surface area contributed by atoms with E-state index < -0.39 is 23.4 Å². The van der Waals surface area contributed by atoms with Crippen LogP contribution in [0.4, 0.5) is 5.69 Å². The maximum absolute atomic E-state index is 14.8. The minimum absolute atomic E-state index is 0.168. The van der Waals surface area contributed by atoms with Crippen LogP contribution < -0.4 is 14.4 Å². The Morgan fingerprint density at radius 2 is 1.50 bits per heavy atom. The average Bonchev–Trinajstić information content (AvgIpc) is 3.46. The Kier molecular flexibility index (Phi) is 5.91. The van der Waals surface area contributed by atoms with E-state index in [1.54, 1.807) is 62.8 Å². The first-order valence-electron chi connectivity index (χ1n) is 14.0. The molecule has 6 nitrogen and oxygen atoms in total. The molecule has 0 saturated carbocycles. The normalized spacial score (nSPS) is 21.2. The molecule has 1 aliphatic carbocycles. The largest absolute Gasteiger partial charge is 0.497 e. The molecule has 7 rings (SSSR count). The van der Waals surface area contributed by atoms with Gasteiger partial charge < -0.3 is 14.4 Å². The van der Waals surface area contributed by atoms with E-state index in [1.807, 2.05) is 60.4 Å². The van der Waals surface area contributed by atoms with Gasteiger partial charge in [-0.15, -0.1) is 0 Å². The summed E-state index contributed by atoms with van der Waals surface area (Å²) < 4.78 is 11.4. The summed E-state index contributed by atoms with van der Waals surface area (Å²) in [5.41, 5.74) is 3.11. The van der Waals surface area contributed by atoms with Crippen molar-refractivity contribution in [2.75, 3.05) is 19.1 Å². The minimum Gasteiger partial charge on any atom is -0.497 e. The Hall–Kier alpha value is -4.97. The predicted octanol–water partition coefficient (Wildman–Crippen LogP) is 6.33. The summed E-state index contributed by atoms with van der Waals surface area (Å²) >= 11 is 0. The van der Waals surface area contributed by atoms with E-state index in [1.165, 1.54) is 0 Å². The second-order valence-electron chi connectivity index (χ2n) is 11.1. The number of hydrogen-bond donors (Lipinski definition) is 0. The summed E-state index contributed by atoms with van der Waals surface area (Å²) in [7, 11) is 3.12. The lowest BCUT2D eigenvalue weighted by molar-refractivity contribution is 0.0665. The Labute approximate surface area is 244 Å². The number of anilines is 1. The number of fused-ring (bicyclic) bond motifs is 5. The van der Waals surface area contributed by atoms with Crippen molar-refractivity contribution in [1.82, 2.24) is 0 Å². The third-order valence-electron chi connectivity index (χ3n) is 9.06. The van der Waals surface area contributed by atoms with Crippen molar-refractivity contribution in [2.24, 2.45) is 5.41 Å². The maximum atomic E-state index is 14.8. The molecule has 1 unspecified atom stereocenters. The van der Waals surface area contributed by atoms with Crippen molar-refractivity contribution in [3.05, 3.63) is 130 Å². The SMILES string of the molecule is COc1ccc([C@H]2[C@H](C(=O)c3ccccc3)N3c4ccc(C)cc4C=CC3C23C(=O)c2ccccc2C3=O)c(OC)c1. The Balaban J connectivity index is 1.57. The van der Waals surface area contributed by atoms with Crippen LogP contribution in [0, 0.1) is 12.3 Å². The molecule has 6 heteroatoms. The van der Waals surface area contributed by atoms with Gasteiger partial charge in [0.15, 0.2) is 17.3 Å². The number of ether oxygens (including phenoxy) is 2. The van der Waals surface area contributed by atoms with Crippen LogP contribution in [-0.4, -0.2) is 43.7 Å². The zero-order chi connectivity index (χ0) is 29.2. The quantitative estimate of drug-likeness (QED) is 0.212. The molecule has 0 radical (unpaired) electrons. The van der Waals surface area contributed by atoms with Gasteiger partial charge in [0.05, 0.1) is 20.3 Å². The van der Waals surface area contributed by atoms with Gasteiger partial charge in [-0.1, -0.05) is 84.4 Å². The number of nitrogens with zero attached hydrogens (tertiary/aromatic N) is 1. The van der Waals surface area contributed by atoms with Crippen LogP contribution in [0.2, 0.25) is 0 Å². The summed E-state index contributed by atoms with van der Waals surface area (Å²) in [4.78, 5) is 46.4. The van der Waals surface area contributed by atoms with Gasteiger partial charge in [0.1, 0.15) is 23.0 Å². The topological polar surface area (TPSA) is 72.9 Å². The molecule has 1 saturated heterocycles. The minimum atomic E-state index is -1.60. The highest BCUT2D eigenvalue weighted by atomic mass is 16.5. The van der Waals surface area contributed by atoms with Crippen LogP contribution in [0.5, 0.6) is 11.5 Å². The van der Waals surface area contributed by atoms with Gasteiger partial charge in [-0.05, 0) is 30.7 Å². The van der Waals surface area contributed by atoms with Crippen LogP contribution in [0.1, 0.15) is 53.7 Å². The molecule has 0 aromatic heterocycles. The molecule has 3 aliphatic rings. The van der Waals surface area contributed by atoms with Gasteiger partial charge in [0, 0.05) is 39.9 Å². The van der Waals surface area contributed by atoms with E-state index in [0.29, 0.717) is 33.8 Å². The number of carbonyl (C=O) groups is 3. The monoisotopic (exact) mass is 555 g/mol. The fourth-order valence-electron chi connectivity index (χ4n) is 7.29. The lowest BCUT2D eigenvalue weighted by Gasteiger charge is -2.37. The molecule has 208 valence electrons. The number of benzene rings is 4. The Morgan fingerprint density at radius 1 is 0.810 bits per heavy atom. The predicted molar refractivity (Wildman–Crippen MR) is 161 cm³/mol. The first-order valence-corrected chi connectivity index (χ1v) is 14.0. The number of hydrogen-bond acceptors (Lipinski definition) is 6. The highest BCUT2D eigenvalue weighted by Crippen LogP contribution is 2.62. The molecule has 4 aromatic rings. The standard InChI is InChI=1S/C36H29NO5/c1-21-13-17-28-23(19-21)14-18-30-36(34(39)25-11-7-8-12-26(25)35(36)40)31(27-16-15-24(41-2)20-29(27)42-3)32(37(28)30)33(38)22-9-5-4-6-10-22/h4-20,30-32H,1-3H3/t30?,31-,32+/m0/s1. The van der Waals surface area contributed by atoms with Crippen LogP contribution >= 0.6 is 0 Å². The van der Waals surface area contributed by atoms with E-state index in [-0.39, 0.29) is 17.3 Å². The molecule has 1 spiro atoms. The molecule has 1 fully saturated rings. The van der Waals surface area contributed by atoms with Crippen LogP contribution in [0.3, 0.4) is 0 Å². The Bertz CT molecular complexity index is 1770. The lowest BCUT2D eigenvalue weighted by Crippen LogP contribution is -2.48. The number of ketones is 3. The zero-order valence-electron chi connectivity index (χ0n) is 23.5. The highest BCUT2D eigenvalue weighted by Gasteiger charge is 2.72. The molecular weight excluding hydrogens is 526 g/mol. The van der Waals surface area contributed by atoms with Crippen LogP contribution in [-0.2, 0) is 0 Å². The van der Waals surface area contributed by atoms with Gasteiger partial charge in [0.25, 0.3) is 0 Å². The highest BCUT2D eigenvalue weighted by molar-refractivity contribution is 6.32. The van der Waals surface area contributed by atoms with Crippen molar-refractivity contribution in [2.45, 2.75) is 24.9 Å². The zero-order valence-corrected chi connectivity index (χ0v) is 23.5. The summed E-state index contributed by atoms with van der Waals surface area (Å²) in [5, 5.41) is 0. The van der Waals surface area contributed by atoms with Gasteiger partial charge in [0.2, 0.25) is 0 Å². The molecule has 0 amide bonds. The van der Waals surface area contributed by atoms with E-state index >= 15 is 0 Å². The van der Waals surface area contributed by atoms with Gasteiger partial charge >= 0.3 is 0 Å². The molecule has 42 heavy (non-hydrogen) atoms. The third kappa shape index (κ3) is 3.41. The van der Waals surface area contributed by atoms with Gasteiger partial charge in [-0.2, -0.15) is 0 Å². The molecule has 2 heterocycles. The van der Waals surface area contributed by atoms with Crippen molar-refractivity contribution in [3.8, 4) is 11.5 Å². The van der Waals surface area contributed by atoms with Crippen molar-refractivity contribution in [3.63, 3.8) is 0 Å². The summed E-state index contributed by atoms with van der Waals surface area (Å²) in [6, 6.07) is 25.9. The Morgan fingerprint density at radius 3 is 2.17 bits per heavy atom. The fourth-order valence-corrected chi connectivity index (χ4v) is 7.29. The molecule has 2 aliphatic heterocycles. The van der Waals surface area contributed by atoms with E-state index in [9.17, 15) is 14.4 Å². The lowest BCUT2D eigenvalue weighted by atomic mass is 9.64. The summed E-state index contributed by atoms with van der Waals surface area (Å²) in [5.74, 6) is -0.554. The second-order valence-corrected chi connectivity index (χ2v) is 11.1. The first-order chi connectivity index (χ1) is 20.4. The number of Topliss-reactive ketones (excluding diaryl/α,β-unsaturated/α-hetero) is 3. The van der Waals surface area contributed by atoms with Crippen molar-refractivity contribution < 1.29 is 23.9 Å². The van der Waals surface area contributed by atoms with Gasteiger partial charge in [-0.3, -0.25) is 14.4 Å². The fraction of sp³-hybridized carbons (Fsp3) is 0.194.